The number of benzene rings is 1. The Hall–Kier alpha value is -1.31. The number of thiazole rings is 1. The van der Waals surface area contributed by atoms with E-state index < -0.39 is 14.9 Å². The van der Waals surface area contributed by atoms with E-state index in [1.807, 2.05) is 0 Å². The molecule has 0 spiro atoms. The Morgan fingerprint density at radius 2 is 2.00 bits per heavy atom. The predicted octanol–water partition coefficient (Wildman–Crippen LogP) is 2.51. The van der Waals surface area contributed by atoms with Crippen molar-refractivity contribution >= 4 is 38.6 Å². The topological polar surface area (TPSA) is 79.0 Å². The van der Waals surface area contributed by atoms with Crippen LogP contribution in [0.4, 0.5) is 5.69 Å². The van der Waals surface area contributed by atoms with Crippen molar-refractivity contribution in [2.45, 2.75) is 18.1 Å². The lowest BCUT2D eigenvalue weighted by atomic mass is 10.2. The molecular weight excluding hydrogens is 308 g/mol. The van der Waals surface area contributed by atoms with Gasteiger partial charge in [0.15, 0.2) is 4.21 Å². The molecule has 0 bridgehead atoms. The molecule has 1 aromatic heterocycles. The van der Waals surface area contributed by atoms with Crippen LogP contribution in [0.1, 0.15) is 11.3 Å². The summed E-state index contributed by atoms with van der Waals surface area (Å²) in [7, 11) is -3.82. The first-order chi connectivity index (χ1) is 8.81. The van der Waals surface area contributed by atoms with Gasteiger partial charge >= 0.3 is 4.87 Å². The zero-order valence-electron chi connectivity index (χ0n) is 10.2. The van der Waals surface area contributed by atoms with E-state index in [1.54, 1.807) is 25.1 Å². The maximum Gasteiger partial charge on any atom is 0.306 e. The van der Waals surface area contributed by atoms with Gasteiger partial charge in [0.2, 0.25) is 0 Å². The second-order valence-corrected chi connectivity index (χ2v) is 7.23. The van der Waals surface area contributed by atoms with Gasteiger partial charge in [-0.05, 0) is 25.5 Å². The molecule has 0 aliphatic carbocycles. The molecule has 0 amide bonds. The number of para-hydroxylation sites is 1. The first-order valence-electron chi connectivity index (χ1n) is 5.29. The quantitative estimate of drug-likeness (QED) is 0.912. The van der Waals surface area contributed by atoms with E-state index in [2.05, 4.69) is 9.71 Å². The third-order valence-corrected chi connectivity index (χ3v) is 5.75. The minimum atomic E-state index is -3.82. The number of aromatic nitrogens is 1. The molecule has 0 aliphatic rings. The summed E-state index contributed by atoms with van der Waals surface area (Å²) in [6.07, 6.45) is 0. The molecule has 0 saturated carbocycles. The zero-order valence-corrected chi connectivity index (χ0v) is 12.5. The molecule has 8 heteroatoms. The minimum absolute atomic E-state index is 0.0307. The first-order valence-corrected chi connectivity index (χ1v) is 7.96. The number of aryl methyl sites for hydroxylation is 2. The summed E-state index contributed by atoms with van der Waals surface area (Å²) >= 11 is 6.62. The van der Waals surface area contributed by atoms with Gasteiger partial charge in [0.05, 0.1) is 10.7 Å². The van der Waals surface area contributed by atoms with Crippen LogP contribution in [0.2, 0.25) is 5.02 Å². The Bertz CT molecular complexity index is 757. The SMILES string of the molecule is Cc1cccc(Cl)c1NS(=O)(=O)c1sc(=O)[nH]c1C. The number of rotatable bonds is 3. The van der Waals surface area contributed by atoms with Crippen LogP contribution in [0.15, 0.2) is 27.2 Å². The Morgan fingerprint density at radius 3 is 2.53 bits per heavy atom. The maximum atomic E-state index is 12.2. The molecule has 2 N–H and O–H groups in total. The average molecular weight is 319 g/mol. The van der Waals surface area contributed by atoms with Gasteiger partial charge in [-0.25, -0.2) is 8.42 Å². The lowest BCUT2D eigenvalue weighted by Gasteiger charge is -2.11. The van der Waals surface area contributed by atoms with Crippen LogP contribution >= 0.6 is 22.9 Å². The molecule has 2 rings (SSSR count). The van der Waals surface area contributed by atoms with Crippen molar-refractivity contribution in [3.63, 3.8) is 0 Å². The maximum absolute atomic E-state index is 12.2. The fourth-order valence-corrected chi connectivity index (χ4v) is 4.37. The molecule has 1 heterocycles. The van der Waals surface area contributed by atoms with Crippen molar-refractivity contribution in [3.05, 3.63) is 44.1 Å². The summed E-state index contributed by atoms with van der Waals surface area (Å²) in [6.45, 7) is 3.28. The fourth-order valence-electron chi connectivity index (χ4n) is 1.59. The largest absolute Gasteiger partial charge is 0.315 e. The number of anilines is 1. The van der Waals surface area contributed by atoms with Crippen LogP contribution in [0.5, 0.6) is 0 Å². The number of halogens is 1. The molecule has 1 aromatic carbocycles. The number of nitrogens with one attached hydrogen (secondary N) is 2. The monoisotopic (exact) mass is 318 g/mol. The minimum Gasteiger partial charge on any atom is -0.315 e. The normalized spacial score (nSPS) is 11.5. The summed E-state index contributed by atoms with van der Waals surface area (Å²) in [6, 6.07) is 5.07. The highest BCUT2D eigenvalue weighted by atomic mass is 35.5. The molecule has 5 nitrogen and oxygen atoms in total. The number of aromatic amines is 1. The van der Waals surface area contributed by atoms with Gasteiger partial charge in [0.25, 0.3) is 10.0 Å². The van der Waals surface area contributed by atoms with E-state index in [4.69, 9.17) is 11.6 Å². The van der Waals surface area contributed by atoms with Gasteiger partial charge in [0.1, 0.15) is 0 Å². The van der Waals surface area contributed by atoms with Crippen molar-refractivity contribution in [3.8, 4) is 0 Å². The second kappa shape index (κ2) is 4.99. The number of H-pyrrole nitrogens is 1. The van der Waals surface area contributed by atoms with Gasteiger partial charge in [-0.1, -0.05) is 35.1 Å². The summed E-state index contributed by atoms with van der Waals surface area (Å²) < 4.78 is 26.8. The van der Waals surface area contributed by atoms with Crippen molar-refractivity contribution in [2.24, 2.45) is 0 Å². The van der Waals surface area contributed by atoms with Gasteiger partial charge in [-0.2, -0.15) is 0 Å². The van der Waals surface area contributed by atoms with Crippen LogP contribution in [-0.4, -0.2) is 13.4 Å². The Morgan fingerprint density at radius 1 is 1.32 bits per heavy atom. The Balaban J connectivity index is 2.48. The third-order valence-electron chi connectivity index (χ3n) is 2.48. The Kier molecular flexibility index (Phi) is 3.71. The molecule has 0 saturated heterocycles. The van der Waals surface area contributed by atoms with Crippen molar-refractivity contribution in [1.29, 1.82) is 0 Å². The van der Waals surface area contributed by atoms with Gasteiger partial charge in [-0.15, -0.1) is 0 Å². The lowest BCUT2D eigenvalue weighted by Crippen LogP contribution is -2.13. The highest BCUT2D eigenvalue weighted by Gasteiger charge is 2.22. The fraction of sp³-hybridized carbons (Fsp3) is 0.182. The van der Waals surface area contributed by atoms with Crippen molar-refractivity contribution in [2.75, 3.05) is 4.72 Å². The third kappa shape index (κ3) is 2.83. The van der Waals surface area contributed by atoms with E-state index in [1.165, 1.54) is 6.92 Å². The zero-order chi connectivity index (χ0) is 14.2. The number of hydrogen-bond acceptors (Lipinski definition) is 4. The molecule has 2 aromatic rings. The molecular formula is C11H11ClN2O3S2. The highest BCUT2D eigenvalue weighted by Crippen LogP contribution is 2.28. The first kappa shape index (κ1) is 14.1. The lowest BCUT2D eigenvalue weighted by molar-refractivity contribution is 0.602. The summed E-state index contributed by atoms with van der Waals surface area (Å²) in [5.74, 6) is 0. The van der Waals surface area contributed by atoms with E-state index in [9.17, 15) is 13.2 Å². The van der Waals surface area contributed by atoms with Crippen LogP contribution in [0.25, 0.3) is 0 Å². The Labute approximate surface area is 119 Å². The van der Waals surface area contributed by atoms with Crippen LogP contribution < -0.4 is 9.60 Å². The second-order valence-electron chi connectivity index (χ2n) is 3.96. The molecule has 0 aliphatic heterocycles. The molecule has 19 heavy (non-hydrogen) atoms. The molecule has 0 atom stereocenters. The smallest absolute Gasteiger partial charge is 0.306 e. The van der Waals surface area contributed by atoms with Gasteiger partial charge in [-0.3, -0.25) is 9.52 Å². The standard InChI is InChI=1S/C11H11ClN2O3S2/c1-6-4-3-5-8(12)9(6)14-19(16,17)10-7(2)13-11(15)18-10/h3-5,14H,1-2H3,(H,13,15). The number of hydrogen-bond donors (Lipinski definition) is 2. The van der Waals surface area contributed by atoms with Crippen LogP contribution in [-0.2, 0) is 10.0 Å². The van der Waals surface area contributed by atoms with E-state index in [0.29, 0.717) is 33.3 Å². The highest BCUT2D eigenvalue weighted by molar-refractivity contribution is 7.94. The van der Waals surface area contributed by atoms with Crippen molar-refractivity contribution < 1.29 is 8.42 Å². The predicted molar refractivity (Wildman–Crippen MR) is 76.7 cm³/mol. The number of sulfonamides is 1. The molecule has 0 fully saturated rings. The van der Waals surface area contributed by atoms with Crippen LogP contribution in [0, 0.1) is 13.8 Å². The summed E-state index contributed by atoms with van der Waals surface area (Å²) in [5, 5.41) is 0.309. The van der Waals surface area contributed by atoms with Gasteiger partial charge in [0, 0.05) is 5.69 Å². The summed E-state index contributed by atoms with van der Waals surface area (Å²) in [4.78, 5) is 13.2. The van der Waals surface area contributed by atoms with E-state index in [-0.39, 0.29) is 4.21 Å². The molecule has 0 radical (unpaired) electrons. The van der Waals surface area contributed by atoms with E-state index in [0.717, 1.165) is 0 Å². The average Bonchev–Trinajstić information content (AvgIpc) is 2.64. The molecule has 102 valence electrons. The van der Waals surface area contributed by atoms with Crippen LogP contribution in [0.3, 0.4) is 0 Å². The summed E-state index contributed by atoms with van der Waals surface area (Å²) in [5.41, 5.74) is 1.34. The molecule has 0 unspecified atom stereocenters. The van der Waals surface area contributed by atoms with Crippen molar-refractivity contribution in [1.82, 2.24) is 4.98 Å². The van der Waals surface area contributed by atoms with E-state index >= 15 is 0 Å². The van der Waals surface area contributed by atoms with Gasteiger partial charge < -0.3 is 4.98 Å².